The molecule has 8 aromatic carbocycles. The number of fused-ring (bicyclic) bond motifs is 9. The third kappa shape index (κ3) is 4.70. The molecule has 1 nitrogen and oxygen atoms in total. The molecule has 10 rings (SSSR count). The van der Waals surface area contributed by atoms with E-state index in [4.69, 9.17) is 0 Å². The van der Waals surface area contributed by atoms with Gasteiger partial charge in [0, 0.05) is 26.9 Å². The van der Waals surface area contributed by atoms with Gasteiger partial charge in [-0.3, -0.25) is 0 Å². The van der Waals surface area contributed by atoms with E-state index in [0.29, 0.717) is 0 Å². The first kappa shape index (κ1) is 30.0. The number of nitrogens with zero attached hydrogens (tertiary/aromatic N) is 1. The van der Waals surface area contributed by atoms with Gasteiger partial charge in [0.2, 0.25) is 0 Å². The monoisotopic (exact) mass is 683 g/mol. The third-order valence-corrected chi connectivity index (χ3v) is 17.0. The number of hydrogen-bond donors (Lipinski definition) is 0. The molecule has 240 valence electrons. The van der Waals surface area contributed by atoms with Gasteiger partial charge >= 0.3 is 0 Å². The van der Waals surface area contributed by atoms with E-state index in [1.807, 2.05) is 11.8 Å². The molecule has 0 unspecified atom stereocenters. The van der Waals surface area contributed by atoms with E-state index in [2.05, 4.69) is 205 Å². The maximum atomic E-state index is 2.47. The van der Waals surface area contributed by atoms with Gasteiger partial charge in [0.1, 0.15) is 0 Å². The largest absolute Gasteiger partial charge is 0.310 e. The molecule has 0 radical (unpaired) electrons. The van der Waals surface area contributed by atoms with E-state index in [-0.39, 0.29) is 0 Å². The van der Waals surface area contributed by atoms with E-state index in [1.165, 1.54) is 63.9 Å². The second kappa shape index (κ2) is 12.2. The molecular formula is C48H33NSSi. The molecule has 0 N–H and O–H groups in total. The van der Waals surface area contributed by atoms with Crippen LogP contribution < -0.4 is 25.6 Å². The lowest BCUT2D eigenvalue weighted by Gasteiger charge is -2.37. The van der Waals surface area contributed by atoms with Crippen LogP contribution in [0, 0.1) is 0 Å². The maximum Gasteiger partial charge on any atom is 0.183 e. The molecule has 8 aromatic rings. The Labute approximate surface area is 304 Å². The Kier molecular flexibility index (Phi) is 7.16. The van der Waals surface area contributed by atoms with Gasteiger partial charge in [0.15, 0.2) is 8.07 Å². The van der Waals surface area contributed by atoms with Crippen LogP contribution in [-0.4, -0.2) is 8.07 Å². The van der Waals surface area contributed by atoms with Crippen molar-refractivity contribution in [2.24, 2.45) is 0 Å². The van der Waals surface area contributed by atoms with Crippen LogP contribution in [0.1, 0.15) is 0 Å². The minimum absolute atomic E-state index is 1.13. The topological polar surface area (TPSA) is 3.24 Å². The van der Waals surface area contributed by atoms with Crippen LogP contribution in [0.2, 0.25) is 0 Å². The molecule has 0 saturated carbocycles. The van der Waals surface area contributed by atoms with Crippen molar-refractivity contribution in [3.8, 4) is 33.4 Å². The molecule has 0 atom stereocenters. The average Bonchev–Trinajstić information content (AvgIpc) is 3.49. The Balaban J connectivity index is 1.21. The Morgan fingerprint density at radius 2 is 0.784 bits per heavy atom. The first-order valence-electron chi connectivity index (χ1n) is 17.5. The zero-order valence-electron chi connectivity index (χ0n) is 27.9. The predicted molar refractivity (Wildman–Crippen MR) is 219 cm³/mol. The molecule has 0 bridgehead atoms. The van der Waals surface area contributed by atoms with Crippen LogP contribution in [0.25, 0.3) is 33.4 Å². The third-order valence-electron chi connectivity index (χ3n) is 10.5. The lowest BCUT2D eigenvalue weighted by Crippen LogP contribution is -2.74. The fourth-order valence-corrected chi connectivity index (χ4v) is 15.8. The summed E-state index contributed by atoms with van der Waals surface area (Å²) >= 11 is 1.92. The normalized spacial score (nSPS) is 13.2. The zero-order valence-corrected chi connectivity index (χ0v) is 29.7. The summed E-state index contributed by atoms with van der Waals surface area (Å²) in [4.78, 5) is 5.19. The average molecular weight is 684 g/mol. The van der Waals surface area contributed by atoms with Crippen LogP contribution in [0.5, 0.6) is 0 Å². The smallest absolute Gasteiger partial charge is 0.183 e. The molecule has 3 heteroatoms. The molecule has 2 aliphatic heterocycles. The highest BCUT2D eigenvalue weighted by Crippen LogP contribution is 2.43. The highest BCUT2D eigenvalue weighted by atomic mass is 32.2. The summed E-state index contributed by atoms with van der Waals surface area (Å²) < 4.78 is 0. The van der Waals surface area contributed by atoms with E-state index < -0.39 is 8.07 Å². The Morgan fingerprint density at radius 1 is 0.314 bits per heavy atom. The molecule has 0 aliphatic carbocycles. The van der Waals surface area contributed by atoms with Crippen molar-refractivity contribution >= 4 is 57.6 Å². The Bertz CT molecular complexity index is 2520. The summed E-state index contributed by atoms with van der Waals surface area (Å²) in [5, 5.41) is 5.96. The molecular weight excluding hydrogens is 651 g/mol. The van der Waals surface area contributed by atoms with Crippen molar-refractivity contribution in [3.63, 3.8) is 0 Å². The van der Waals surface area contributed by atoms with Crippen LogP contribution in [0.3, 0.4) is 0 Å². The van der Waals surface area contributed by atoms with Crippen molar-refractivity contribution in [3.05, 3.63) is 200 Å². The zero-order chi connectivity index (χ0) is 33.8. The van der Waals surface area contributed by atoms with Crippen molar-refractivity contribution in [1.29, 1.82) is 0 Å². The van der Waals surface area contributed by atoms with Crippen LogP contribution in [-0.2, 0) is 0 Å². The van der Waals surface area contributed by atoms with E-state index in [9.17, 15) is 0 Å². The summed E-state index contributed by atoms with van der Waals surface area (Å²) in [5.41, 5.74) is 11.0. The number of hydrogen-bond acceptors (Lipinski definition) is 2. The maximum absolute atomic E-state index is 2.56. The first-order chi connectivity index (χ1) is 25.3. The van der Waals surface area contributed by atoms with Gasteiger partial charge in [-0.05, 0) is 103 Å². The minimum Gasteiger partial charge on any atom is -0.310 e. The molecule has 0 fully saturated rings. The van der Waals surface area contributed by atoms with Crippen molar-refractivity contribution < 1.29 is 0 Å². The van der Waals surface area contributed by atoms with E-state index in [0.717, 1.165) is 17.1 Å². The van der Waals surface area contributed by atoms with Crippen molar-refractivity contribution in [2.75, 3.05) is 4.90 Å². The summed E-state index contributed by atoms with van der Waals surface area (Å²) in [6.45, 7) is 0. The molecule has 51 heavy (non-hydrogen) atoms. The number of rotatable bonds is 5. The summed E-state index contributed by atoms with van der Waals surface area (Å²) in [6, 6.07) is 74.0. The highest BCUT2D eigenvalue weighted by Gasteiger charge is 2.52. The van der Waals surface area contributed by atoms with E-state index >= 15 is 0 Å². The second-order valence-corrected chi connectivity index (χ2v) is 18.0. The Morgan fingerprint density at radius 3 is 1.43 bits per heavy atom. The van der Waals surface area contributed by atoms with Crippen LogP contribution in [0.4, 0.5) is 17.1 Å². The van der Waals surface area contributed by atoms with Gasteiger partial charge in [0.05, 0.1) is 0 Å². The van der Waals surface area contributed by atoms with Gasteiger partial charge in [-0.1, -0.05) is 163 Å². The minimum atomic E-state index is -2.56. The highest BCUT2D eigenvalue weighted by molar-refractivity contribution is 8.00. The first-order valence-corrected chi connectivity index (χ1v) is 20.3. The lowest BCUT2D eigenvalue weighted by atomic mass is 9.93. The van der Waals surface area contributed by atoms with Crippen LogP contribution in [0.15, 0.2) is 210 Å². The van der Waals surface area contributed by atoms with Gasteiger partial charge < -0.3 is 4.90 Å². The summed E-state index contributed by atoms with van der Waals surface area (Å²) in [7, 11) is -2.56. The van der Waals surface area contributed by atoms with Crippen molar-refractivity contribution in [2.45, 2.75) is 9.79 Å². The second-order valence-electron chi connectivity index (χ2n) is 13.3. The predicted octanol–water partition coefficient (Wildman–Crippen LogP) is 10.3. The number of benzene rings is 8. The number of anilines is 3. The molecule has 0 amide bonds. The van der Waals surface area contributed by atoms with Crippen molar-refractivity contribution in [1.82, 2.24) is 0 Å². The van der Waals surface area contributed by atoms with Gasteiger partial charge in [-0.15, -0.1) is 0 Å². The number of para-hydroxylation sites is 1. The molecule has 1 spiro atoms. The van der Waals surface area contributed by atoms with Gasteiger partial charge in [-0.25, -0.2) is 0 Å². The van der Waals surface area contributed by atoms with Crippen LogP contribution >= 0.6 is 11.8 Å². The molecule has 2 aliphatic rings. The van der Waals surface area contributed by atoms with E-state index in [1.54, 1.807) is 0 Å². The molecule has 0 aromatic heterocycles. The standard InChI is InChI=1S/C48H33NSSi/c1-4-16-34(17-5-1)39-30-28-37(32-41(39)35-18-6-2-7-19-35)49(36-20-8-3-9-21-36)38-29-31-46-42(33-38)40-22-10-13-25-45(40)51(46)47-26-14-11-23-43(47)50-44-24-12-15-27-48(44)51/h1-33H. The quantitative estimate of drug-likeness (QED) is 0.166. The van der Waals surface area contributed by atoms with Gasteiger partial charge in [0.25, 0.3) is 0 Å². The Hall–Kier alpha value is -5.87. The fourth-order valence-electron chi connectivity index (χ4n) is 8.41. The summed E-state index contributed by atoms with van der Waals surface area (Å²) in [5.74, 6) is 0. The fraction of sp³-hybridized carbons (Fsp3) is 0. The molecule has 2 heterocycles. The summed E-state index contributed by atoms with van der Waals surface area (Å²) in [6.07, 6.45) is 0. The SMILES string of the molecule is c1ccc(-c2ccc(N(c3ccccc3)c3ccc4c(c3)-c3ccccc3[Si]43c4ccccc4Sc4ccccc43)cc2-c2ccccc2)cc1. The molecule has 0 saturated heterocycles. The van der Waals surface area contributed by atoms with Gasteiger partial charge in [-0.2, -0.15) is 0 Å². The lowest BCUT2D eigenvalue weighted by molar-refractivity contribution is 1.29.